The smallest absolute Gasteiger partial charge is 0.282 e. The molecule has 0 amide bonds. The van der Waals surface area contributed by atoms with Crippen molar-refractivity contribution in [2.75, 3.05) is 11.4 Å². The normalized spacial score (nSPS) is 16.6. The fourth-order valence-corrected chi connectivity index (χ4v) is 5.07. The van der Waals surface area contributed by atoms with Gasteiger partial charge in [-0.3, -0.25) is 4.55 Å². The van der Waals surface area contributed by atoms with Crippen LogP contribution in [0.1, 0.15) is 28.3 Å². The Morgan fingerprint density at radius 2 is 1.53 bits per heavy atom. The van der Waals surface area contributed by atoms with Gasteiger partial charge in [-0.15, -0.1) is 0 Å². The van der Waals surface area contributed by atoms with Crippen molar-refractivity contribution >= 4 is 27.8 Å². The van der Waals surface area contributed by atoms with Crippen LogP contribution in [0.3, 0.4) is 0 Å². The highest BCUT2D eigenvalue weighted by atomic mass is 32.2. The van der Waals surface area contributed by atoms with Crippen LogP contribution in [0.5, 0.6) is 0 Å². The Balaban J connectivity index is 1.90. The van der Waals surface area contributed by atoms with E-state index in [9.17, 15) is 13.0 Å². The standard InChI is InChI=1S/C24H24N2O3S/c1-17-13-18(2)24(19(3)14-17)25-15-22(20-9-5-4-6-10-20)26(16-25)21-11-7-8-12-23(21)30(27,28)29/h4-14,16,22H,15H2,1-3H3/p+1/t22-/m1/s1. The topological polar surface area (TPSA) is 60.6 Å². The first-order valence-corrected chi connectivity index (χ1v) is 11.3. The molecule has 30 heavy (non-hydrogen) atoms. The highest BCUT2D eigenvalue weighted by molar-refractivity contribution is 7.86. The highest BCUT2D eigenvalue weighted by Crippen LogP contribution is 2.37. The maximum atomic E-state index is 12.1. The first-order chi connectivity index (χ1) is 14.3. The number of hydrogen-bond donors (Lipinski definition) is 1. The highest BCUT2D eigenvalue weighted by Gasteiger charge is 2.38. The van der Waals surface area contributed by atoms with Gasteiger partial charge in [0.15, 0.2) is 6.04 Å². The summed E-state index contributed by atoms with van der Waals surface area (Å²) in [5.74, 6) is 0. The summed E-state index contributed by atoms with van der Waals surface area (Å²) < 4.78 is 36.1. The van der Waals surface area contributed by atoms with Crippen molar-refractivity contribution in [1.82, 2.24) is 0 Å². The van der Waals surface area contributed by atoms with Crippen LogP contribution in [0.4, 0.5) is 11.4 Å². The van der Waals surface area contributed by atoms with Gasteiger partial charge in [0.05, 0.1) is 0 Å². The molecule has 0 radical (unpaired) electrons. The molecule has 0 aromatic heterocycles. The molecule has 0 aliphatic carbocycles. The molecule has 3 aromatic carbocycles. The van der Waals surface area contributed by atoms with Crippen LogP contribution in [0, 0.1) is 20.8 Å². The third-order valence-corrected chi connectivity index (χ3v) is 6.40. The Kier molecular flexibility index (Phi) is 5.22. The van der Waals surface area contributed by atoms with Crippen molar-refractivity contribution in [3.8, 4) is 0 Å². The average Bonchev–Trinajstić information content (AvgIpc) is 3.12. The monoisotopic (exact) mass is 421 g/mol. The molecule has 154 valence electrons. The number of aryl methyl sites for hydroxylation is 3. The van der Waals surface area contributed by atoms with E-state index in [1.165, 1.54) is 22.8 Å². The summed E-state index contributed by atoms with van der Waals surface area (Å²) in [5, 5.41) is 0. The molecule has 4 rings (SSSR count). The zero-order valence-corrected chi connectivity index (χ0v) is 18.1. The van der Waals surface area contributed by atoms with Crippen molar-refractivity contribution < 1.29 is 17.5 Å². The van der Waals surface area contributed by atoms with E-state index in [1.807, 2.05) is 41.6 Å². The van der Waals surface area contributed by atoms with Crippen LogP contribution in [0.2, 0.25) is 0 Å². The molecule has 5 nitrogen and oxygen atoms in total. The summed E-state index contributed by atoms with van der Waals surface area (Å²) in [6.07, 6.45) is 1.95. The van der Waals surface area contributed by atoms with Crippen molar-refractivity contribution in [1.29, 1.82) is 0 Å². The van der Waals surface area contributed by atoms with E-state index in [-0.39, 0.29) is 10.9 Å². The van der Waals surface area contributed by atoms with Gasteiger partial charge in [-0.05, 0) is 44.0 Å². The van der Waals surface area contributed by atoms with Gasteiger partial charge in [-0.1, -0.05) is 60.2 Å². The minimum atomic E-state index is -4.36. The van der Waals surface area contributed by atoms with Crippen molar-refractivity contribution in [2.45, 2.75) is 31.7 Å². The number of nitrogens with zero attached hydrogens (tertiary/aromatic N) is 2. The van der Waals surface area contributed by atoms with Crippen LogP contribution in [0.25, 0.3) is 0 Å². The second-order valence-electron chi connectivity index (χ2n) is 7.79. The Labute approximate surface area is 177 Å². The molecule has 0 fully saturated rings. The molecule has 0 spiro atoms. The predicted molar refractivity (Wildman–Crippen MR) is 119 cm³/mol. The summed E-state index contributed by atoms with van der Waals surface area (Å²) in [6, 6.07) is 20.8. The summed E-state index contributed by atoms with van der Waals surface area (Å²) in [4.78, 5) is 1.85. The lowest BCUT2D eigenvalue weighted by Gasteiger charge is -2.19. The molecule has 0 saturated carbocycles. The zero-order valence-electron chi connectivity index (χ0n) is 17.3. The number of benzene rings is 3. The van der Waals surface area contributed by atoms with E-state index >= 15 is 0 Å². The third kappa shape index (κ3) is 3.76. The van der Waals surface area contributed by atoms with Gasteiger partial charge in [0.2, 0.25) is 6.34 Å². The van der Waals surface area contributed by atoms with Crippen LogP contribution in [0.15, 0.2) is 71.6 Å². The summed E-state index contributed by atoms with van der Waals surface area (Å²) >= 11 is 0. The van der Waals surface area contributed by atoms with E-state index in [4.69, 9.17) is 0 Å². The molecule has 0 unspecified atom stereocenters. The van der Waals surface area contributed by atoms with E-state index in [2.05, 4.69) is 37.5 Å². The van der Waals surface area contributed by atoms with E-state index in [0.717, 1.165) is 11.3 Å². The predicted octanol–water partition coefficient (Wildman–Crippen LogP) is 4.79. The molecule has 6 heteroatoms. The summed E-state index contributed by atoms with van der Waals surface area (Å²) in [7, 11) is -4.36. The number of rotatable bonds is 4. The lowest BCUT2D eigenvalue weighted by Crippen LogP contribution is -2.25. The quantitative estimate of drug-likeness (QED) is 0.486. The zero-order chi connectivity index (χ0) is 21.5. The van der Waals surface area contributed by atoms with Gasteiger partial charge >= 0.3 is 0 Å². The second-order valence-corrected chi connectivity index (χ2v) is 9.18. The van der Waals surface area contributed by atoms with Gasteiger partial charge < -0.3 is 0 Å². The van der Waals surface area contributed by atoms with Gasteiger partial charge in [-0.2, -0.15) is 8.42 Å². The molecule has 1 atom stereocenters. The van der Waals surface area contributed by atoms with Gasteiger partial charge in [-0.25, -0.2) is 9.48 Å². The molecule has 1 aliphatic heterocycles. The lowest BCUT2D eigenvalue weighted by molar-refractivity contribution is -0.430. The fourth-order valence-electron chi connectivity index (χ4n) is 4.39. The second kappa shape index (κ2) is 7.70. The van der Waals surface area contributed by atoms with Crippen molar-refractivity contribution in [2.24, 2.45) is 0 Å². The lowest BCUT2D eigenvalue weighted by atomic mass is 10.0. The number of hydrogen-bond acceptors (Lipinski definition) is 3. The average molecular weight is 422 g/mol. The SMILES string of the molecule is Cc1cc(C)c([N+]2=CN(c3ccccc3S(=O)(=O)O)[C@@H](c3ccccc3)C2)c(C)c1. The van der Waals surface area contributed by atoms with Crippen molar-refractivity contribution in [3.63, 3.8) is 0 Å². The maximum Gasteiger partial charge on any atom is 0.298 e. The maximum absolute atomic E-state index is 12.1. The van der Waals surface area contributed by atoms with Gasteiger partial charge in [0.1, 0.15) is 22.8 Å². The molecule has 1 heterocycles. The first-order valence-electron chi connectivity index (χ1n) is 9.85. The minimum absolute atomic E-state index is 0.0959. The molecule has 0 saturated heterocycles. The summed E-state index contributed by atoms with van der Waals surface area (Å²) in [5.41, 5.74) is 6.19. The molecule has 3 aromatic rings. The van der Waals surface area contributed by atoms with Crippen LogP contribution < -0.4 is 4.90 Å². The van der Waals surface area contributed by atoms with E-state index < -0.39 is 10.1 Å². The van der Waals surface area contributed by atoms with E-state index in [1.54, 1.807) is 18.2 Å². The summed E-state index contributed by atoms with van der Waals surface area (Å²) in [6.45, 7) is 6.93. The third-order valence-electron chi connectivity index (χ3n) is 5.50. The Bertz CT molecular complexity index is 1210. The number of para-hydroxylation sites is 1. The van der Waals surface area contributed by atoms with Crippen LogP contribution in [-0.4, -0.2) is 30.4 Å². The number of anilines is 1. The Morgan fingerprint density at radius 3 is 2.17 bits per heavy atom. The molecular formula is C24H25N2O3S+. The largest absolute Gasteiger partial charge is 0.298 e. The molecule has 0 bridgehead atoms. The Morgan fingerprint density at radius 1 is 0.933 bits per heavy atom. The molecular weight excluding hydrogens is 396 g/mol. The van der Waals surface area contributed by atoms with E-state index in [0.29, 0.717) is 12.2 Å². The Hall–Kier alpha value is -2.96. The molecule has 1 N–H and O–H groups in total. The van der Waals surface area contributed by atoms with Gasteiger partial charge in [0, 0.05) is 5.56 Å². The minimum Gasteiger partial charge on any atom is -0.282 e. The van der Waals surface area contributed by atoms with Crippen LogP contribution in [-0.2, 0) is 10.1 Å². The van der Waals surface area contributed by atoms with Crippen molar-refractivity contribution in [3.05, 3.63) is 89.0 Å². The molecule has 1 aliphatic rings. The first kappa shape index (κ1) is 20.3. The van der Waals surface area contributed by atoms with Gasteiger partial charge in [0.25, 0.3) is 10.1 Å². The fraction of sp³-hybridized carbons (Fsp3) is 0.208. The van der Waals surface area contributed by atoms with Crippen LogP contribution >= 0.6 is 0 Å².